The Bertz CT molecular complexity index is 365. The Morgan fingerprint density at radius 3 is 2.25 bits per heavy atom. The van der Waals surface area contributed by atoms with Gasteiger partial charge in [-0.1, -0.05) is 13.8 Å². The van der Waals surface area contributed by atoms with Crippen molar-refractivity contribution in [2.75, 3.05) is 46.1 Å². The Kier molecular flexibility index (Phi) is 8.18. The van der Waals surface area contributed by atoms with Crippen LogP contribution in [0.1, 0.15) is 59.3 Å². The van der Waals surface area contributed by atoms with Crippen LogP contribution in [0.3, 0.4) is 0 Å². The molecule has 0 aromatic carbocycles. The molecule has 1 aliphatic carbocycles. The summed E-state index contributed by atoms with van der Waals surface area (Å²) in [6, 6.07) is 0. The molecule has 2 rings (SSSR count). The summed E-state index contributed by atoms with van der Waals surface area (Å²) in [5, 5.41) is 0. The van der Waals surface area contributed by atoms with Crippen LogP contribution in [0.25, 0.3) is 0 Å². The molecular weight excluding hydrogens is 302 g/mol. The van der Waals surface area contributed by atoms with Crippen molar-refractivity contribution in [2.45, 2.75) is 59.3 Å². The molecule has 1 heterocycles. The second-order valence-electron chi connectivity index (χ2n) is 7.98. The summed E-state index contributed by atoms with van der Waals surface area (Å²) in [5.74, 6) is 1.03. The van der Waals surface area contributed by atoms with E-state index in [1.165, 1.54) is 38.8 Å². The smallest absolute Gasteiger partial charge is 0.138 e. The van der Waals surface area contributed by atoms with Crippen molar-refractivity contribution in [3.63, 3.8) is 0 Å². The number of ether oxygens (including phenoxy) is 2. The zero-order valence-electron chi connectivity index (χ0n) is 16.0. The van der Waals surface area contributed by atoms with Crippen molar-refractivity contribution >= 4 is 5.78 Å². The number of ketones is 1. The van der Waals surface area contributed by atoms with Gasteiger partial charge in [0, 0.05) is 25.0 Å². The Hall–Kier alpha value is -0.450. The van der Waals surface area contributed by atoms with Gasteiger partial charge in [-0.15, -0.1) is 0 Å². The molecule has 2 fully saturated rings. The van der Waals surface area contributed by atoms with Gasteiger partial charge in [-0.25, -0.2) is 0 Å². The zero-order chi connectivity index (χ0) is 17.4. The molecule has 0 bridgehead atoms. The van der Waals surface area contributed by atoms with E-state index < -0.39 is 0 Å². The lowest BCUT2D eigenvalue weighted by atomic mass is 9.64. The molecule has 0 radical (unpaired) electrons. The highest BCUT2D eigenvalue weighted by molar-refractivity contribution is 5.82. The lowest BCUT2D eigenvalue weighted by Crippen LogP contribution is -2.43. The first-order valence-electron chi connectivity index (χ1n) is 9.98. The second-order valence-corrected chi connectivity index (χ2v) is 7.98. The van der Waals surface area contributed by atoms with Gasteiger partial charge in [0.25, 0.3) is 0 Å². The highest BCUT2D eigenvalue weighted by Crippen LogP contribution is 2.46. The van der Waals surface area contributed by atoms with Crippen LogP contribution < -0.4 is 0 Å². The third kappa shape index (κ3) is 5.82. The van der Waals surface area contributed by atoms with E-state index in [1.807, 2.05) is 20.8 Å². The third-order valence-corrected chi connectivity index (χ3v) is 6.06. The summed E-state index contributed by atoms with van der Waals surface area (Å²) >= 11 is 0. The highest BCUT2D eigenvalue weighted by Gasteiger charge is 2.39. The predicted octanol–water partition coefficient (Wildman–Crippen LogP) is 3.54. The van der Waals surface area contributed by atoms with Gasteiger partial charge in [-0.05, 0) is 64.0 Å². The van der Waals surface area contributed by atoms with Crippen molar-refractivity contribution in [1.29, 1.82) is 0 Å². The second kappa shape index (κ2) is 9.88. The van der Waals surface area contributed by atoms with Crippen LogP contribution >= 0.6 is 0 Å². The minimum absolute atomic E-state index is 0.202. The number of Topliss-reactive ketones (excluding diaryl/α,β-unsaturated/α-hetero) is 1. The van der Waals surface area contributed by atoms with Gasteiger partial charge in [0.2, 0.25) is 0 Å². The molecule has 1 saturated carbocycles. The molecule has 140 valence electrons. The summed E-state index contributed by atoms with van der Waals surface area (Å²) in [7, 11) is 0. The quantitative estimate of drug-likeness (QED) is 0.602. The standard InChI is InChI=1S/C20H37NO3/c1-4-23-15-16-24-14-13-21-11-9-20(10-12-21)7-5-18(6-8-20)19(22)17(2)3/h17-18H,4-16H2,1-3H3. The van der Waals surface area contributed by atoms with Gasteiger partial charge < -0.3 is 14.4 Å². The van der Waals surface area contributed by atoms with Crippen LogP contribution in [0, 0.1) is 17.3 Å². The first kappa shape index (κ1) is 19.9. The van der Waals surface area contributed by atoms with E-state index in [2.05, 4.69) is 4.90 Å². The normalized spacial score (nSPS) is 22.3. The number of nitrogens with zero attached hydrogens (tertiary/aromatic N) is 1. The summed E-state index contributed by atoms with van der Waals surface area (Å²) in [6.07, 6.45) is 7.36. The monoisotopic (exact) mass is 339 g/mol. The highest BCUT2D eigenvalue weighted by atomic mass is 16.5. The van der Waals surface area contributed by atoms with Gasteiger partial charge in [0.1, 0.15) is 5.78 Å². The molecule has 0 unspecified atom stereocenters. The van der Waals surface area contributed by atoms with Crippen LogP contribution in [0.15, 0.2) is 0 Å². The molecule has 1 aliphatic heterocycles. The van der Waals surface area contributed by atoms with Crippen molar-refractivity contribution in [3.8, 4) is 0 Å². The molecule has 0 atom stereocenters. The predicted molar refractivity (Wildman–Crippen MR) is 97.2 cm³/mol. The summed E-state index contributed by atoms with van der Waals surface area (Å²) in [4.78, 5) is 14.7. The minimum Gasteiger partial charge on any atom is -0.379 e. The largest absolute Gasteiger partial charge is 0.379 e. The number of rotatable bonds is 9. The van der Waals surface area contributed by atoms with Gasteiger partial charge in [0.15, 0.2) is 0 Å². The van der Waals surface area contributed by atoms with Crippen molar-refractivity contribution < 1.29 is 14.3 Å². The average molecular weight is 340 g/mol. The van der Waals surface area contributed by atoms with Crippen LogP contribution in [-0.2, 0) is 14.3 Å². The van der Waals surface area contributed by atoms with E-state index in [0.717, 1.165) is 32.6 Å². The maximum Gasteiger partial charge on any atom is 0.138 e. The van der Waals surface area contributed by atoms with Gasteiger partial charge in [0.05, 0.1) is 19.8 Å². The first-order valence-corrected chi connectivity index (χ1v) is 9.98. The number of carbonyl (C=O) groups is 1. The molecule has 1 saturated heterocycles. The minimum atomic E-state index is 0.202. The summed E-state index contributed by atoms with van der Waals surface area (Å²) in [5.41, 5.74) is 0.528. The fourth-order valence-electron chi connectivity index (χ4n) is 4.29. The lowest BCUT2D eigenvalue weighted by molar-refractivity contribution is -0.128. The average Bonchev–Trinajstić information content (AvgIpc) is 2.60. The molecule has 0 aromatic rings. The topological polar surface area (TPSA) is 38.8 Å². The van der Waals surface area contributed by atoms with Crippen molar-refractivity contribution in [3.05, 3.63) is 0 Å². The maximum absolute atomic E-state index is 12.2. The molecule has 0 amide bonds. The third-order valence-electron chi connectivity index (χ3n) is 6.06. The van der Waals surface area contributed by atoms with Crippen LogP contribution in [-0.4, -0.2) is 56.7 Å². The molecule has 4 heteroatoms. The molecule has 4 nitrogen and oxygen atoms in total. The van der Waals surface area contributed by atoms with E-state index >= 15 is 0 Å². The number of hydrogen-bond donors (Lipinski definition) is 0. The first-order chi connectivity index (χ1) is 11.6. The van der Waals surface area contributed by atoms with E-state index in [-0.39, 0.29) is 5.92 Å². The zero-order valence-corrected chi connectivity index (χ0v) is 16.0. The van der Waals surface area contributed by atoms with Gasteiger partial charge >= 0.3 is 0 Å². The van der Waals surface area contributed by atoms with Gasteiger partial charge in [-0.2, -0.15) is 0 Å². The fraction of sp³-hybridized carbons (Fsp3) is 0.950. The van der Waals surface area contributed by atoms with E-state index in [9.17, 15) is 4.79 Å². The Morgan fingerprint density at radius 2 is 1.67 bits per heavy atom. The molecule has 2 aliphatic rings. The van der Waals surface area contributed by atoms with Crippen molar-refractivity contribution in [1.82, 2.24) is 4.90 Å². The van der Waals surface area contributed by atoms with Crippen LogP contribution in [0.5, 0.6) is 0 Å². The van der Waals surface area contributed by atoms with Gasteiger partial charge in [-0.3, -0.25) is 4.79 Å². The Balaban J connectivity index is 1.62. The SMILES string of the molecule is CCOCCOCCN1CCC2(CCC(C(=O)C(C)C)CC2)CC1. The molecule has 0 aromatic heterocycles. The van der Waals surface area contributed by atoms with E-state index in [0.29, 0.717) is 30.3 Å². The molecule has 1 spiro atoms. The fourth-order valence-corrected chi connectivity index (χ4v) is 4.29. The number of hydrogen-bond acceptors (Lipinski definition) is 4. The van der Waals surface area contributed by atoms with Crippen LogP contribution in [0.2, 0.25) is 0 Å². The maximum atomic E-state index is 12.2. The summed E-state index contributed by atoms with van der Waals surface area (Å²) < 4.78 is 10.9. The van der Waals surface area contributed by atoms with Crippen LogP contribution in [0.4, 0.5) is 0 Å². The Morgan fingerprint density at radius 1 is 1.04 bits per heavy atom. The number of piperidine rings is 1. The van der Waals surface area contributed by atoms with E-state index in [4.69, 9.17) is 9.47 Å². The van der Waals surface area contributed by atoms with Crippen molar-refractivity contribution in [2.24, 2.45) is 17.3 Å². The number of likely N-dealkylation sites (tertiary alicyclic amines) is 1. The molecular formula is C20H37NO3. The summed E-state index contributed by atoms with van der Waals surface area (Å²) in [6.45, 7) is 12.5. The van der Waals surface area contributed by atoms with E-state index in [1.54, 1.807) is 0 Å². The lowest BCUT2D eigenvalue weighted by Gasteiger charge is -2.46. The Labute approximate surface area is 148 Å². The molecule has 24 heavy (non-hydrogen) atoms. The number of carbonyl (C=O) groups excluding carboxylic acids is 1. The molecule has 0 N–H and O–H groups in total.